The Bertz CT molecular complexity index is 310. The third kappa shape index (κ3) is 2.50. The van der Waals surface area contributed by atoms with Gasteiger partial charge in [0.25, 0.3) is 0 Å². The van der Waals surface area contributed by atoms with E-state index in [9.17, 15) is 14.4 Å². The average Bonchev–Trinajstić information content (AvgIpc) is 2.26. The summed E-state index contributed by atoms with van der Waals surface area (Å²) in [6, 6.07) is 0. The Morgan fingerprint density at radius 1 is 1.06 bits per heavy atom. The lowest BCUT2D eigenvalue weighted by molar-refractivity contribution is -0.161. The van der Waals surface area contributed by atoms with Crippen molar-refractivity contribution in [3.05, 3.63) is 0 Å². The van der Waals surface area contributed by atoms with Crippen LogP contribution in [0, 0.1) is 17.8 Å². The van der Waals surface area contributed by atoms with Gasteiger partial charge in [0.05, 0.1) is 24.9 Å². The maximum absolute atomic E-state index is 11.3. The number of hydrogen-bond donors (Lipinski definition) is 2. The van der Waals surface area contributed by atoms with E-state index < -0.39 is 35.7 Å². The molecule has 0 aromatic heterocycles. The fourth-order valence-electron chi connectivity index (χ4n) is 2.10. The molecule has 1 aliphatic rings. The number of carbonyl (C=O) groups is 3. The van der Waals surface area contributed by atoms with Gasteiger partial charge in [-0.05, 0) is 19.3 Å². The summed E-state index contributed by atoms with van der Waals surface area (Å²) in [6.07, 6.45) is 0.559. The Hall–Kier alpha value is -1.59. The summed E-state index contributed by atoms with van der Waals surface area (Å²) in [5.41, 5.74) is 0. The van der Waals surface area contributed by atoms with Crippen LogP contribution in [0.2, 0.25) is 0 Å². The van der Waals surface area contributed by atoms with E-state index in [1.807, 2.05) is 0 Å². The molecule has 0 aliphatic heterocycles. The van der Waals surface area contributed by atoms with Crippen molar-refractivity contribution in [3.63, 3.8) is 0 Å². The second-order valence-electron chi connectivity index (χ2n) is 3.92. The number of esters is 1. The van der Waals surface area contributed by atoms with Gasteiger partial charge in [0, 0.05) is 0 Å². The molecule has 0 bridgehead atoms. The summed E-state index contributed by atoms with van der Waals surface area (Å²) in [5.74, 6) is -5.07. The first-order valence-electron chi connectivity index (χ1n) is 5.00. The van der Waals surface area contributed by atoms with Crippen molar-refractivity contribution >= 4 is 17.9 Å². The lowest BCUT2D eigenvalue weighted by Gasteiger charge is -2.29. The average molecular weight is 230 g/mol. The predicted octanol–water partition coefficient (Wildman–Crippen LogP) is 0.361. The molecule has 0 aromatic carbocycles. The van der Waals surface area contributed by atoms with E-state index in [-0.39, 0.29) is 12.8 Å². The molecule has 0 spiro atoms. The van der Waals surface area contributed by atoms with Crippen LogP contribution in [0.5, 0.6) is 0 Å². The first-order valence-corrected chi connectivity index (χ1v) is 5.00. The Kier molecular flexibility index (Phi) is 3.87. The molecule has 6 nitrogen and oxygen atoms in total. The van der Waals surface area contributed by atoms with Crippen LogP contribution in [-0.2, 0) is 19.1 Å². The monoisotopic (exact) mass is 230 g/mol. The predicted molar refractivity (Wildman–Crippen MR) is 51.6 cm³/mol. The summed E-state index contributed by atoms with van der Waals surface area (Å²) >= 11 is 0. The van der Waals surface area contributed by atoms with Gasteiger partial charge in [-0.1, -0.05) is 0 Å². The smallest absolute Gasteiger partial charge is 0.309 e. The van der Waals surface area contributed by atoms with E-state index in [2.05, 4.69) is 4.74 Å². The third-order valence-corrected chi connectivity index (χ3v) is 3.02. The normalized spacial score (nSPS) is 29.4. The fraction of sp³-hybridized carbons (Fsp3) is 0.700. The number of carboxylic acids is 2. The zero-order valence-electron chi connectivity index (χ0n) is 8.88. The third-order valence-electron chi connectivity index (χ3n) is 3.02. The minimum Gasteiger partial charge on any atom is -0.481 e. The van der Waals surface area contributed by atoms with Crippen LogP contribution in [0.1, 0.15) is 19.3 Å². The van der Waals surface area contributed by atoms with Crippen LogP contribution in [0.4, 0.5) is 0 Å². The number of hydrogen-bond acceptors (Lipinski definition) is 4. The Morgan fingerprint density at radius 3 is 2.12 bits per heavy atom. The molecule has 1 aliphatic carbocycles. The Morgan fingerprint density at radius 2 is 1.69 bits per heavy atom. The molecule has 1 rings (SSSR count). The van der Waals surface area contributed by atoms with E-state index in [4.69, 9.17) is 10.2 Å². The van der Waals surface area contributed by atoms with Crippen molar-refractivity contribution in [3.8, 4) is 0 Å². The van der Waals surface area contributed by atoms with Gasteiger partial charge in [0.15, 0.2) is 0 Å². The van der Waals surface area contributed by atoms with E-state index >= 15 is 0 Å². The number of methoxy groups -OCH3 is 1. The summed E-state index contributed by atoms with van der Waals surface area (Å²) in [7, 11) is 1.20. The molecule has 0 amide bonds. The zero-order valence-corrected chi connectivity index (χ0v) is 8.88. The lowest BCUT2D eigenvalue weighted by Crippen LogP contribution is -2.38. The van der Waals surface area contributed by atoms with Gasteiger partial charge in [-0.25, -0.2) is 0 Å². The quantitative estimate of drug-likeness (QED) is 0.679. The SMILES string of the molecule is COC(=O)C1CCC(C(=O)O)CC1C(=O)O. The highest BCUT2D eigenvalue weighted by Crippen LogP contribution is 2.35. The second-order valence-corrected chi connectivity index (χ2v) is 3.92. The maximum atomic E-state index is 11.3. The van der Waals surface area contributed by atoms with Crippen molar-refractivity contribution < 1.29 is 29.3 Å². The molecule has 0 aromatic rings. The van der Waals surface area contributed by atoms with Crippen molar-refractivity contribution in [2.24, 2.45) is 17.8 Å². The molecule has 3 unspecified atom stereocenters. The first-order chi connectivity index (χ1) is 7.47. The maximum Gasteiger partial charge on any atom is 0.309 e. The van der Waals surface area contributed by atoms with Crippen LogP contribution in [0.15, 0.2) is 0 Å². The van der Waals surface area contributed by atoms with E-state index in [1.165, 1.54) is 7.11 Å². The fourth-order valence-corrected chi connectivity index (χ4v) is 2.10. The number of aliphatic carboxylic acids is 2. The first kappa shape index (κ1) is 12.5. The summed E-state index contributed by atoms with van der Waals surface area (Å²) in [5, 5.41) is 17.8. The van der Waals surface area contributed by atoms with E-state index in [0.717, 1.165) is 0 Å². The van der Waals surface area contributed by atoms with Crippen LogP contribution in [0.25, 0.3) is 0 Å². The molecule has 0 saturated heterocycles. The Balaban J connectivity index is 2.79. The highest BCUT2D eigenvalue weighted by molar-refractivity contribution is 5.82. The van der Waals surface area contributed by atoms with Crippen molar-refractivity contribution in [1.82, 2.24) is 0 Å². The minimum atomic E-state index is -1.14. The van der Waals surface area contributed by atoms with Gasteiger partial charge in [-0.2, -0.15) is 0 Å². The van der Waals surface area contributed by atoms with Crippen LogP contribution < -0.4 is 0 Å². The molecule has 0 heterocycles. The Labute approximate surface area is 92.2 Å². The largest absolute Gasteiger partial charge is 0.481 e. The molecule has 3 atom stereocenters. The van der Waals surface area contributed by atoms with Gasteiger partial charge in [0.2, 0.25) is 0 Å². The van der Waals surface area contributed by atoms with Gasteiger partial charge >= 0.3 is 17.9 Å². The van der Waals surface area contributed by atoms with E-state index in [1.54, 1.807) is 0 Å². The molecular weight excluding hydrogens is 216 g/mol. The van der Waals surface area contributed by atoms with E-state index in [0.29, 0.717) is 6.42 Å². The molecular formula is C10H14O6. The van der Waals surface area contributed by atoms with Crippen LogP contribution in [0.3, 0.4) is 0 Å². The minimum absolute atomic E-state index is 0.00949. The molecule has 2 N–H and O–H groups in total. The van der Waals surface area contributed by atoms with Gasteiger partial charge < -0.3 is 14.9 Å². The summed E-state index contributed by atoms with van der Waals surface area (Å²) < 4.78 is 4.52. The highest BCUT2D eigenvalue weighted by Gasteiger charge is 2.41. The van der Waals surface area contributed by atoms with Crippen LogP contribution >= 0.6 is 0 Å². The molecule has 6 heteroatoms. The summed E-state index contributed by atoms with van der Waals surface area (Å²) in [6.45, 7) is 0. The molecule has 1 saturated carbocycles. The lowest BCUT2D eigenvalue weighted by atomic mass is 9.74. The highest BCUT2D eigenvalue weighted by atomic mass is 16.5. The van der Waals surface area contributed by atoms with Crippen molar-refractivity contribution in [1.29, 1.82) is 0 Å². The number of carboxylic acid groups (broad SMARTS) is 2. The molecule has 90 valence electrons. The van der Waals surface area contributed by atoms with Gasteiger partial charge in [-0.15, -0.1) is 0 Å². The molecule has 0 radical (unpaired) electrons. The van der Waals surface area contributed by atoms with Crippen molar-refractivity contribution in [2.45, 2.75) is 19.3 Å². The standard InChI is InChI=1S/C10H14O6/c1-16-10(15)6-3-2-5(8(11)12)4-7(6)9(13)14/h5-7H,2-4H2,1H3,(H,11,12)(H,13,14). The van der Waals surface area contributed by atoms with Crippen molar-refractivity contribution in [2.75, 3.05) is 7.11 Å². The molecule has 1 fully saturated rings. The van der Waals surface area contributed by atoms with Crippen LogP contribution in [-0.4, -0.2) is 35.2 Å². The second kappa shape index (κ2) is 4.96. The molecule has 16 heavy (non-hydrogen) atoms. The number of rotatable bonds is 3. The topological polar surface area (TPSA) is 101 Å². The number of ether oxygens (including phenoxy) is 1. The number of carbonyl (C=O) groups excluding carboxylic acids is 1. The van der Waals surface area contributed by atoms with Gasteiger partial charge in [0.1, 0.15) is 0 Å². The zero-order chi connectivity index (χ0) is 12.3. The van der Waals surface area contributed by atoms with Gasteiger partial charge in [-0.3, -0.25) is 14.4 Å². The summed E-state index contributed by atoms with van der Waals surface area (Å²) in [4.78, 5) is 33.0.